The minimum atomic E-state index is 0.667. The highest BCUT2D eigenvalue weighted by Crippen LogP contribution is 2.29. The molecule has 86 valence electrons. The highest BCUT2D eigenvalue weighted by Gasteiger charge is 2.26. The number of nitrogens with one attached hydrogen (secondary N) is 1. The molecule has 1 heterocycles. The van der Waals surface area contributed by atoms with Gasteiger partial charge in [-0.3, -0.25) is 4.99 Å². The van der Waals surface area contributed by atoms with Crippen LogP contribution in [-0.4, -0.2) is 23.0 Å². The lowest BCUT2D eigenvalue weighted by Gasteiger charge is -2.32. The van der Waals surface area contributed by atoms with Crippen molar-refractivity contribution in [2.75, 3.05) is 6.54 Å². The zero-order valence-electron chi connectivity index (χ0n) is 9.99. The van der Waals surface area contributed by atoms with Crippen molar-refractivity contribution in [1.29, 1.82) is 0 Å². The number of aliphatic imine (C=N–C) groups is 1. The van der Waals surface area contributed by atoms with Gasteiger partial charge in [0.25, 0.3) is 0 Å². The van der Waals surface area contributed by atoms with Crippen molar-refractivity contribution in [1.82, 2.24) is 5.32 Å². The minimum Gasteiger partial charge on any atom is -0.362 e. The van der Waals surface area contributed by atoms with Crippen molar-refractivity contribution in [2.24, 2.45) is 16.8 Å². The molecule has 0 aromatic rings. The molecule has 1 aliphatic heterocycles. The second-order valence-electron chi connectivity index (χ2n) is 5.33. The van der Waals surface area contributed by atoms with Gasteiger partial charge in [0.05, 0.1) is 6.54 Å². The van der Waals surface area contributed by atoms with E-state index in [2.05, 4.69) is 31.1 Å². The third kappa shape index (κ3) is 3.13. The Kier molecular flexibility index (Phi) is 3.60. The van der Waals surface area contributed by atoms with Crippen LogP contribution in [0, 0.1) is 11.8 Å². The summed E-state index contributed by atoms with van der Waals surface area (Å²) in [4.78, 5) is 4.53. The van der Waals surface area contributed by atoms with Crippen molar-refractivity contribution in [2.45, 2.75) is 51.3 Å². The van der Waals surface area contributed by atoms with E-state index in [4.69, 9.17) is 0 Å². The van der Waals surface area contributed by atoms with Gasteiger partial charge in [-0.2, -0.15) is 0 Å². The smallest absolute Gasteiger partial charge is 0.157 e. The quantitative estimate of drug-likeness (QED) is 0.743. The molecule has 0 saturated heterocycles. The number of thioether (sulfide) groups is 1. The monoisotopic (exact) mass is 226 g/mol. The van der Waals surface area contributed by atoms with Gasteiger partial charge in [0.2, 0.25) is 0 Å². The number of hydrogen-bond acceptors (Lipinski definition) is 3. The van der Waals surface area contributed by atoms with Gasteiger partial charge in [-0.1, -0.05) is 32.5 Å². The third-order valence-electron chi connectivity index (χ3n) is 3.31. The lowest BCUT2D eigenvalue weighted by molar-refractivity contribution is 0.257. The van der Waals surface area contributed by atoms with Crippen molar-refractivity contribution in [3.8, 4) is 0 Å². The zero-order valence-corrected chi connectivity index (χ0v) is 10.8. The van der Waals surface area contributed by atoms with Crippen LogP contribution in [0.4, 0.5) is 0 Å². The van der Waals surface area contributed by atoms with E-state index in [0.29, 0.717) is 11.3 Å². The molecule has 0 radical (unpaired) electrons. The van der Waals surface area contributed by atoms with Crippen molar-refractivity contribution < 1.29 is 0 Å². The average molecular weight is 226 g/mol. The molecule has 2 nitrogen and oxygen atoms in total. The van der Waals surface area contributed by atoms with Gasteiger partial charge >= 0.3 is 0 Å². The lowest BCUT2D eigenvalue weighted by Crippen LogP contribution is -2.38. The molecule has 1 aliphatic carbocycles. The molecule has 1 N–H and O–H groups in total. The van der Waals surface area contributed by atoms with E-state index in [-0.39, 0.29) is 0 Å². The Morgan fingerprint density at radius 3 is 2.33 bits per heavy atom. The van der Waals surface area contributed by atoms with Gasteiger partial charge in [0.15, 0.2) is 5.17 Å². The normalized spacial score (nSPS) is 41.4. The van der Waals surface area contributed by atoms with Crippen LogP contribution < -0.4 is 5.32 Å². The Bertz CT molecular complexity index is 242. The molecular weight excluding hydrogens is 204 g/mol. The second-order valence-corrected chi connectivity index (χ2v) is 6.76. The summed E-state index contributed by atoms with van der Waals surface area (Å²) in [5, 5.41) is 5.48. The Hall–Kier alpha value is -0.180. The van der Waals surface area contributed by atoms with Gasteiger partial charge in [-0.15, -0.1) is 0 Å². The summed E-state index contributed by atoms with van der Waals surface area (Å²) in [6.07, 6.45) is 4.03. The molecule has 1 saturated carbocycles. The van der Waals surface area contributed by atoms with Crippen LogP contribution in [0.5, 0.6) is 0 Å². The van der Waals surface area contributed by atoms with E-state index >= 15 is 0 Å². The SMILES string of the molecule is CC1CC(C)CC(NC2=NCC(C)S2)C1. The first-order valence-electron chi connectivity index (χ1n) is 6.11. The van der Waals surface area contributed by atoms with E-state index in [1.165, 1.54) is 24.4 Å². The third-order valence-corrected chi connectivity index (χ3v) is 4.33. The summed E-state index contributed by atoms with van der Waals surface area (Å²) in [5.41, 5.74) is 0. The molecular formula is C12H22N2S. The number of hydrogen-bond donors (Lipinski definition) is 1. The van der Waals surface area contributed by atoms with Crippen LogP contribution in [0.2, 0.25) is 0 Å². The second kappa shape index (κ2) is 4.77. The first kappa shape index (κ1) is 11.3. The molecule has 2 aliphatic rings. The summed E-state index contributed by atoms with van der Waals surface area (Å²) in [7, 11) is 0. The fourth-order valence-electron chi connectivity index (χ4n) is 2.80. The Balaban J connectivity index is 1.84. The van der Waals surface area contributed by atoms with Crippen LogP contribution in [0.25, 0.3) is 0 Å². The summed E-state index contributed by atoms with van der Waals surface area (Å²) in [6.45, 7) is 7.98. The van der Waals surface area contributed by atoms with Gasteiger partial charge in [0, 0.05) is 11.3 Å². The molecule has 0 amide bonds. The van der Waals surface area contributed by atoms with E-state index in [1.807, 2.05) is 11.8 Å². The summed E-state index contributed by atoms with van der Waals surface area (Å²) in [6, 6.07) is 0.667. The van der Waals surface area contributed by atoms with Gasteiger partial charge < -0.3 is 5.32 Å². The van der Waals surface area contributed by atoms with Crippen LogP contribution in [-0.2, 0) is 0 Å². The zero-order chi connectivity index (χ0) is 10.8. The minimum absolute atomic E-state index is 0.667. The fourth-order valence-corrected chi connectivity index (χ4v) is 3.71. The molecule has 3 unspecified atom stereocenters. The van der Waals surface area contributed by atoms with Crippen LogP contribution in [0.3, 0.4) is 0 Å². The number of amidine groups is 1. The van der Waals surface area contributed by atoms with E-state index in [0.717, 1.165) is 18.4 Å². The van der Waals surface area contributed by atoms with E-state index in [1.54, 1.807) is 0 Å². The van der Waals surface area contributed by atoms with Crippen molar-refractivity contribution in [3.63, 3.8) is 0 Å². The molecule has 0 spiro atoms. The molecule has 0 bridgehead atoms. The highest BCUT2D eigenvalue weighted by molar-refractivity contribution is 8.14. The van der Waals surface area contributed by atoms with Crippen LogP contribution >= 0.6 is 11.8 Å². The maximum Gasteiger partial charge on any atom is 0.157 e. The molecule has 15 heavy (non-hydrogen) atoms. The Morgan fingerprint density at radius 2 is 1.80 bits per heavy atom. The standard InChI is InChI=1S/C12H22N2S/c1-8-4-9(2)6-11(5-8)14-12-13-7-10(3)15-12/h8-11H,4-7H2,1-3H3,(H,13,14). The van der Waals surface area contributed by atoms with Gasteiger partial charge in [-0.05, 0) is 31.1 Å². The fraction of sp³-hybridized carbons (Fsp3) is 0.917. The first-order valence-corrected chi connectivity index (χ1v) is 6.99. The Labute approximate surface area is 97.3 Å². The van der Waals surface area contributed by atoms with E-state index in [9.17, 15) is 0 Å². The maximum atomic E-state index is 4.53. The maximum absolute atomic E-state index is 4.53. The van der Waals surface area contributed by atoms with Crippen molar-refractivity contribution >= 4 is 16.9 Å². The summed E-state index contributed by atoms with van der Waals surface area (Å²) < 4.78 is 0. The van der Waals surface area contributed by atoms with Gasteiger partial charge in [-0.25, -0.2) is 0 Å². The molecule has 1 fully saturated rings. The first-order chi connectivity index (χ1) is 7.13. The summed E-state index contributed by atoms with van der Waals surface area (Å²) in [5.74, 6) is 1.74. The predicted octanol–water partition coefficient (Wildman–Crippen LogP) is 2.89. The molecule has 3 heteroatoms. The van der Waals surface area contributed by atoms with Crippen molar-refractivity contribution in [3.05, 3.63) is 0 Å². The molecule has 3 atom stereocenters. The van der Waals surface area contributed by atoms with Crippen LogP contribution in [0.1, 0.15) is 40.0 Å². The summed E-state index contributed by atoms with van der Waals surface area (Å²) >= 11 is 1.90. The predicted molar refractivity (Wildman–Crippen MR) is 68.5 cm³/mol. The highest BCUT2D eigenvalue weighted by atomic mass is 32.2. The number of nitrogens with zero attached hydrogens (tertiary/aromatic N) is 1. The molecule has 2 rings (SSSR count). The molecule has 0 aromatic carbocycles. The number of rotatable bonds is 1. The van der Waals surface area contributed by atoms with Crippen LogP contribution in [0.15, 0.2) is 4.99 Å². The average Bonchev–Trinajstić information content (AvgIpc) is 2.49. The van der Waals surface area contributed by atoms with Gasteiger partial charge in [0.1, 0.15) is 0 Å². The lowest BCUT2D eigenvalue weighted by atomic mass is 9.80. The Morgan fingerprint density at radius 1 is 1.13 bits per heavy atom. The largest absolute Gasteiger partial charge is 0.362 e. The topological polar surface area (TPSA) is 24.4 Å². The van der Waals surface area contributed by atoms with E-state index < -0.39 is 0 Å². The molecule has 0 aromatic heterocycles.